The summed E-state index contributed by atoms with van der Waals surface area (Å²) in [6.07, 6.45) is -4.89. The van der Waals surface area contributed by atoms with Crippen LogP contribution < -0.4 is 15.4 Å². The molecule has 0 radical (unpaired) electrons. The van der Waals surface area contributed by atoms with Crippen molar-refractivity contribution in [3.05, 3.63) is 23.8 Å². The second-order valence-electron chi connectivity index (χ2n) is 3.80. The van der Waals surface area contributed by atoms with Gasteiger partial charge in [0, 0.05) is 24.3 Å². The zero-order chi connectivity index (χ0) is 13.2. The van der Waals surface area contributed by atoms with Crippen LogP contribution in [0.1, 0.15) is 5.56 Å². The first-order chi connectivity index (χ1) is 8.47. The number of halogens is 3. The van der Waals surface area contributed by atoms with Gasteiger partial charge in [0.15, 0.2) is 0 Å². The van der Waals surface area contributed by atoms with Crippen LogP contribution >= 0.6 is 0 Å². The first kappa shape index (κ1) is 12.7. The molecule has 1 aromatic carbocycles. The van der Waals surface area contributed by atoms with E-state index in [1.807, 2.05) is 0 Å². The molecule has 1 heterocycles. The molecule has 0 bridgehead atoms. The van der Waals surface area contributed by atoms with Gasteiger partial charge in [-0.1, -0.05) is 0 Å². The number of benzene rings is 1. The third-order valence-corrected chi connectivity index (χ3v) is 2.43. The monoisotopic (exact) mass is 260 g/mol. The minimum atomic E-state index is -4.89. The molecule has 2 N–H and O–H groups in total. The van der Waals surface area contributed by atoms with Gasteiger partial charge in [-0.05, 0) is 18.2 Å². The van der Waals surface area contributed by atoms with Gasteiger partial charge in [-0.3, -0.25) is 4.79 Å². The van der Waals surface area contributed by atoms with Crippen LogP contribution in [0.15, 0.2) is 18.2 Å². The Morgan fingerprint density at radius 1 is 1.39 bits per heavy atom. The Bertz CT molecular complexity index is 460. The molecule has 0 saturated carbocycles. The summed E-state index contributed by atoms with van der Waals surface area (Å²) in [4.78, 5) is 10.8. The molecule has 18 heavy (non-hydrogen) atoms. The number of rotatable bonds is 1. The maximum atomic E-state index is 12.1. The van der Waals surface area contributed by atoms with Crippen LogP contribution in [0.2, 0.25) is 0 Å². The van der Waals surface area contributed by atoms with Crippen LogP contribution in [0.4, 0.5) is 18.9 Å². The van der Waals surface area contributed by atoms with Gasteiger partial charge in [-0.2, -0.15) is 13.2 Å². The first-order valence-electron chi connectivity index (χ1n) is 5.31. The topological polar surface area (TPSA) is 50.4 Å². The molecule has 0 atom stereocenters. The van der Waals surface area contributed by atoms with Crippen LogP contribution in [0.3, 0.4) is 0 Å². The predicted octanol–water partition coefficient (Wildman–Crippen LogP) is 1.67. The van der Waals surface area contributed by atoms with Crippen molar-refractivity contribution in [1.29, 1.82) is 0 Å². The number of hydrogen-bond acceptors (Lipinski definition) is 3. The largest absolute Gasteiger partial charge is 0.492 e. The molecule has 1 amide bonds. The Morgan fingerprint density at radius 2 is 2.17 bits per heavy atom. The standard InChI is InChI=1S/C11H11F3N2O2/c12-11(13,14)10(17)16-8-1-2-9-7(5-8)6-15-3-4-18-9/h1-2,5,15H,3-4,6H2,(H,16,17). The fourth-order valence-corrected chi connectivity index (χ4v) is 1.59. The second-order valence-corrected chi connectivity index (χ2v) is 3.80. The fourth-order valence-electron chi connectivity index (χ4n) is 1.59. The second kappa shape index (κ2) is 4.85. The molecule has 0 unspecified atom stereocenters. The molecular weight excluding hydrogens is 249 g/mol. The van der Waals surface area contributed by atoms with Crippen molar-refractivity contribution in [3.63, 3.8) is 0 Å². The van der Waals surface area contributed by atoms with E-state index in [1.165, 1.54) is 12.1 Å². The minimum Gasteiger partial charge on any atom is -0.492 e. The predicted molar refractivity (Wildman–Crippen MR) is 58.3 cm³/mol. The van der Waals surface area contributed by atoms with Crippen LogP contribution in [-0.2, 0) is 11.3 Å². The molecule has 7 heteroatoms. The highest BCUT2D eigenvalue weighted by Gasteiger charge is 2.38. The van der Waals surface area contributed by atoms with Crippen molar-refractivity contribution in [2.75, 3.05) is 18.5 Å². The molecule has 4 nitrogen and oxygen atoms in total. The maximum absolute atomic E-state index is 12.1. The van der Waals surface area contributed by atoms with E-state index < -0.39 is 12.1 Å². The zero-order valence-electron chi connectivity index (χ0n) is 9.30. The van der Waals surface area contributed by atoms with E-state index in [4.69, 9.17) is 4.74 Å². The third kappa shape index (κ3) is 2.92. The number of fused-ring (bicyclic) bond motifs is 1. The lowest BCUT2D eigenvalue weighted by atomic mass is 10.1. The molecule has 0 fully saturated rings. The Kier molecular flexibility index (Phi) is 3.42. The number of ether oxygens (including phenoxy) is 1. The lowest BCUT2D eigenvalue weighted by Crippen LogP contribution is -2.29. The van der Waals surface area contributed by atoms with Crippen LogP contribution in [0, 0.1) is 0 Å². The van der Waals surface area contributed by atoms with Crippen LogP contribution in [0.5, 0.6) is 5.75 Å². The van der Waals surface area contributed by atoms with Crippen LogP contribution in [-0.4, -0.2) is 25.2 Å². The Labute approximate surface area is 101 Å². The number of amides is 1. The van der Waals surface area contributed by atoms with E-state index in [-0.39, 0.29) is 5.69 Å². The van der Waals surface area contributed by atoms with E-state index in [9.17, 15) is 18.0 Å². The molecule has 98 valence electrons. The molecule has 1 aliphatic heterocycles. The van der Waals surface area contributed by atoms with Gasteiger partial charge in [0.2, 0.25) is 0 Å². The number of carbonyl (C=O) groups is 1. The molecule has 0 spiro atoms. The number of hydrogen-bond donors (Lipinski definition) is 2. The summed E-state index contributed by atoms with van der Waals surface area (Å²) < 4.78 is 41.6. The van der Waals surface area contributed by atoms with E-state index in [0.29, 0.717) is 31.0 Å². The molecule has 0 aliphatic carbocycles. The Balaban J connectivity index is 2.16. The molecule has 2 rings (SSSR count). The Morgan fingerprint density at radius 3 is 2.89 bits per heavy atom. The third-order valence-electron chi connectivity index (χ3n) is 2.43. The minimum absolute atomic E-state index is 0.100. The van der Waals surface area contributed by atoms with Gasteiger partial charge in [-0.15, -0.1) is 0 Å². The smallest absolute Gasteiger partial charge is 0.471 e. The Hall–Kier alpha value is -1.76. The number of anilines is 1. The molecule has 1 aliphatic rings. The van der Waals surface area contributed by atoms with Crippen molar-refractivity contribution in [2.45, 2.75) is 12.7 Å². The first-order valence-corrected chi connectivity index (χ1v) is 5.31. The summed E-state index contributed by atoms with van der Waals surface area (Å²) in [5, 5.41) is 4.86. The molecule has 0 aromatic heterocycles. The molecule has 1 aromatic rings. The van der Waals surface area contributed by atoms with E-state index in [1.54, 1.807) is 11.4 Å². The summed E-state index contributed by atoms with van der Waals surface area (Å²) in [6, 6.07) is 4.40. The number of nitrogens with one attached hydrogen (secondary N) is 2. The van der Waals surface area contributed by atoms with Crippen molar-refractivity contribution >= 4 is 11.6 Å². The summed E-state index contributed by atoms with van der Waals surface area (Å²) in [6.45, 7) is 1.66. The quantitative estimate of drug-likeness (QED) is 0.807. The highest BCUT2D eigenvalue weighted by molar-refractivity contribution is 5.95. The highest BCUT2D eigenvalue weighted by atomic mass is 19.4. The average Bonchev–Trinajstić information content (AvgIpc) is 2.52. The highest BCUT2D eigenvalue weighted by Crippen LogP contribution is 2.25. The number of alkyl halides is 3. The summed E-state index contributed by atoms with van der Waals surface area (Å²) in [5.74, 6) is -1.37. The average molecular weight is 260 g/mol. The van der Waals surface area contributed by atoms with Gasteiger partial charge in [-0.25, -0.2) is 0 Å². The SMILES string of the molecule is O=C(Nc1ccc2c(c1)CNCCO2)C(F)(F)F. The fraction of sp³-hybridized carbons (Fsp3) is 0.364. The van der Waals surface area contributed by atoms with Gasteiger partial charge < -0.3 is 15.4 Å². The van der Waals surface area contributed by atoms with Crippen molar-refractivity contribution < 1.29 is 22.7 Å². The summed E-state index contributed by atoms with van der Waals surface area (Å²) >= 11 is 0. The lowest BCUT2D eigenvalue weighted by Gasteiger charge is -2.11. The van der Waals surface area contributed by atoms with E-state index in [0.717, 1.165) is 0 Å². The lowest BCUT2D eigenvalue weighted by molar-refractivity contribution is -0.167. The van der Waals surface area contributed by atoms with Gasteiger partial charge in [0.25, 0.3) is 0 Å². The zero-order valence-corrected chi connectivity index (χ0v) is 9.30. The molecule has 0 saturated heterocycles. The normalized spacial score (nSPS) is 15.3. The summed E-state index contributed by atoms with van der Waals surface area (Å²) in [5.41, 5.74) is 0.816. The maximum Gasteiger partial charge on any atom is 0.471 e. The van der Waals surface area contributed by atoms with E-state index >= 15 is 0 Å². The van der Waals surface area contributed by atoms with Crippen molar-refractivity contribution in [2.24, 2.45) is 0 Å². The van der Waals surface area contributed by atoms with Gasteiger partial charge in [0.1, 0.15) is 12.4 Å². The van der Waals surface area contributed by atoms with Crippen molar-refractivity contribution in [1.82, 2.24) is 5.32 Å². The van der Waals surface area contributed by atoms with Crippen LogP contribution in [0.25, 0.3) is 0 Å². The van der Waals surface area contributed by atoms with Gasteiger partial charge in [0.05, 0.1) is 0 Å². The van der Waals surface area contributed by atoms with E-state index in [2.05, 4.69) is 5.32 Å². The number of carbonyl (C=O) groups excluding carboxylic acids is 1. The molecular formula is C11H11F3N2O2. The van der Waals surface area contributed by atoms with Gasteiger partial charge >= 0.3 is 12.1 Å². The van der Waals surface area contributed by atoms with Crippen molar-refractivity contribution in [3.8, 4) is 5.75 Å². The summed E-state index contributed by atoms with van der Waals surface area (Å²) in [7, 11) is 0.